The van der Waals surface area contributed by atoms with Crippen molar-refractivity contribution < 1.29 is 20.1 Å². The van der Waals surface area contributed by atoms with Gasteiger partial charge in [0.05, 0.1) is 8.07 Å². The maximum absolute atomic E-state index is 4.82. The van der Waals surface area contributed by atoms with Crippen LogP contribution in [0.2, 0.25) is 19.6 Å². The molecule has 3 aliphatic carbocycles. The Hall–Kier alpha value is -3.73. The number of rotatable bonds is 6. The summed E-state index contributed by atoms with van der Waals surface area (Å²) in [6.07, 6.45) is 12.5. The van der Waals surface area contributed by atoms with E-state index in [1.807, 2.05) is 35.7 Å². The van der Waals surface area contributed by atoms with Gasteiger partial charge >= 0.3 is 0 Å². The first-order valence-electron chi connectivity index (χ1n) is 20.3. The Bertz CT molecular complexity index is 2430. The van der Waals surface area contributed by atoms with E-state index in [1.165, 1.54) is 91.7 Å². The monoisotopic (exact) mass is 947 g/mol. The maximum atomic E-state index is 4.82. The zero-order valence-electron chi connectivity index (χ0n) is 34.0. The molecule has 5 heteroatoms. The van der Waals surface area contributed by atoms with Gasteiger partial charge in [0.1, 0.15) is 0 Å². The first kappa shape index (κ1) is 40.5. The fourth-order valence-electron chi connectivity index (χ4n) is 9.09. The second-order valence-electron chi connectivity index (χ2n) is 18.2. The van der Waals surface area contributed by atoms with Crippen molar-refractivity contribution in [3.8, 4) is 33.6 Å². The summed E-state index contributed by atoms with van der Waals surface area (Å²) in [6.45, 7) is 16.2. The molecule has 3 heterocycles. The maximum Gasteiger partial charge on any atom is 0.0798 e. The van der Waals surface area contributed by atoms with E-state index in [4.69, 9.17) is 4.98 Å². The molecule has 7 aromatic rings. The van der Waals surface area contributed by atoms with Gasteiger partial charge in [-0.25, -0.2) is 0 Å². The molecule has 56 heavy (non-hydrogen) atoms. The molecule has 0 spiro atoms. The molecule has 0 N–H and O–H groups in total. The van der Waals surface area contributed by atoms with Crippen LogP contribution < -0.4 is 5.19 Å². The largest absolute Gasteiger partial charge is 0.305 e. The van der Waals surface area contributed by atoms with Crippen molar-refractivity contribution in [1.29, 1.82) is 0 Å². The van der Waals surface area contributed by atoms with Crippen molar-refractivity contribution in [1.82, 2.24) is 9.97 Å². The molecule has 4 aromatic carbocycles. The zero-order valence-corrected chi connectivity index (χ0v) is 38.2. The number of nitrogens with zero attached hydrogens (tertiary/aromatic N) is 2. The fourth-order valence-corrected chi connectivity index (χ4v) is 12.0. The number of hydrogen-bond acceptors (Lipinski definition) is 3. The van der Waals surface area contributed by atoms with E-state index in [0.717, 1.165) is 40.3 Å². The Morgan fingerprint density at radius 2 is 1.54 bits per heavy atom. The Morgan fingerprint density at radius 3 is 2.20 bits per heavy atom. The number of hydrogen-bond donors (Lipinski definition) is 0. The van der Waals surface area contributed by atoms with Crippen molar-refractivity contribution >= 4 is 44.8 Å². The SMILES string of the molecule is CC(C)(C)c1cc(-c2ccccc2)c2sc3c[c-]c(-c4cc(CC5CC6CCC5CC6)ccn4)cc3c2c1.Cc1cc(-c2[c-]cccc2)ncc1[Si](C)(C)C.[Ir]. The van der Waals surface area contributed by atoms with E-state index in [0.29, 0.717) is 0 Å². The van der Waals surface area contributed by atoms with Gasteiger partial charge in [-0.05, 0) is 111 Å². The molecule has 2 bridgehead atoms. The van der Waals surface area contributed by atoms with Crippen molar-refractivity contribution in [2.24, 2.45) is 17.8 Å². The van der Waals surface area contributed by atoms with E-state index in [1.54, 1.807) is 0 Å². The third-order valence-corrected chi connectivity index (χ3v) is 15.5. The molecule has 0 saturated heterocycles. The van der Waals surface area contributed by atoms with Crippen molar-refractivity contribution in [3.05, 3.63) is 138 Å². The third-order valence-electron chi connectivity index (χ3n) is 12.2. The average molecular weight is 947 g/mol. The van der Waals surface area contributed by atoms with Gasteiger partial charge in [0, 0.05) is 37.2 Å². The van der Waals surface area contributed by atoms with Gasteiger partial charge in [0.2, 0.25) is 0 Å². The molecular weight excluding hydrogens is 893 g/mol. The summed E-state index contributed by atoms with van der Waals surface area (Å²) in [5, 5.41) is 4.11. The first-order valence-corrected chi connectivity index (χ1v) is 24.6. The Labute approximate surface area is 353 Å². The van der Waals surface area contributed by atoms with Crippen LogP contribution in [0.15, 0.2) is 109 Å². The zero-order chi connectivity index (χ0) is 38.3. The van der Waals surface area contributed by atoms with Crippen molar-refractivity contribution in [2.75, 3.05) is 0 Å². The number of aryl methyl sites for hydroxylation is 1. The van der Waals surface area contributed by atoms with Crippen LogP contribution in [0, 0.1) is 36.8 Å². The van der Waals surface area contributed by atoms with Crippen LogP contribution in [0.4, 0.5) is 0 Å². The number of thiophene rings is 1. The van der Waals surface area contributed by atoms with Crippen LogP contribution in [-0.4, -0.2) is 18.0 Å². The summed E-state index contributed by atoms with van der Waals surface area (Å²) in [7, 11) is -1.27. The van der Waals surface area contributed by atoms with Crippen LogP contribution in [0.1, 0.15) is 69.6 Å². The molecule has 3 fully saturated rings. The molecule has 289 valence electrons. The summed E-state index contributed by atoms with van der Waals surface area (Å²) in [6, 6.07) is 41.8. The molecule has 0 aliphatic heterocycles. The molecule has 0 amide bonds. The van der Waals surface area contributed by atoms with Gasteiger partial charge in [-0.2, -0.15) is 11.3 Å². The predicted octanol–water partition coefficient (Wildman–Crippen LogP) is 13.6. The van der Waals surface area contributed by atoms with E-state index in [-0.39, 0.29) is 25.5 Å². The summed E-state index contributed by atoms with van der Waals surface area (Å²) >= 11 is 1.89. The van der Waals surface area contributed by atoms with Gasteiger partial charge in [0.15, 0.2) is 0 Å². The number of benzene rings is 4. The Kier molecular flexibility index (Phi) is 12.0. The molecule has 1 radical (unpaired) electrons. The molecule has 10 rings (SSSR count). The van der Waals surface area contributed by atoms with E-state index >= 15 is 0 Å². The minimum Gasteiger partial charge on any atom is -0.305 e. The van der Waals surface area contributed by atoms with Crippen molar-refractivity contribution in [2.45, 2.75) is 91.3 Å². The van der Waals surface area contributed by atoms with Crippen LogP contribution in [0.5, 0.6) is 0 Å². The first-order chi connectivity index (χ1) is 26.4. The van der Waals surface area contributed by atoms with Crippen LogP contribution >= 0.6 is 11.3 Å². The summed E-state index contributed by atoms with van der Waals surface area (Å²) in [4.78, 5) is 9.40. The summed E-state index contributed by atoms with van der Waals surface area (Å²) in [5.41, 5.74) is 11.1. The average Bonchev–Trinajstić information content (AvgIpc) is 3.56. The number of aromatic nitrogens is 2. The van der Waals surface area contributed by atoms with Gasteiger partial charge in [0.25, 0.3) is 0 Å². The molecular formula is C51H54IrN2SSi-2. The molecule has 3 saturated carbocycles. The standard InChI is InChI=1S/C36H36NS.C15H18NSi.Ir/c1-36(2,3)29-21-30(26-7-5-4-6-8-26)35-32(22-29)31-20-27(13-14-34(31)38-35)33-19-24(15-16-37-33)18-28-17-23-9-11-25(28)12-10-23;1-12-10-14(13-8-6-5-7-9-13)16-11-15(12)17(2,3)4;/h4-8,14-16,19-23,25,28H,9-12,17-18H2,1-3H3;5-8,10-11H,1-4H3;/q2*-1;. The predicted molar refractivity (Wildman–Crippen MR) is 239 cm³/mol. The van der Waals surface area contributed by atoms with E-state index in [2.05, 4.69) is 150 Å². The fraction of sp³-hybridized carbons (Fsp3) is 0.333. The van der Waals surface area contributed by atoms with Gasteiger partial charge in [-0.1, -0.05) is 118 Å². The Balaban J connectivity index is 0.000000225. The normalized spacial score (nSPS) is 18.0. The molecule has 1 atom stereocenters. The van der Waals surface area contributed by atoms with Gasteiger partial charge < -0.3 is 9.97 Å². The smallest absolute Gasteiger partial charge is 0.0798 e. The Morgan fingerprint density at radius 1 is 0.786 bits per heavy atom. The van der Waals surface area contributed by atoms with Crippen LogP contribution in [0.3, 0.4) is 0 Å². The summed E-state index contributed by atoms with van der Waals surface area (Å²) in [5.74, 6) is 2.78. The van der Waals surface area contributed by atoms with E-state index < -0.39 is 8.07 Å². The van der Waals surface area contributed by atoms with Crippen molar-refractivity contribution in [3.63, 3.8) is 0 Å². The molecule has 3 aliphatic rings. The van der Waals surface area contributed by atoms with Crippen LogP contribution in [-0.2, 0) is 31.9 Å². The second kappa shape index (κ2) is 16.6. The molecule has 2 nitrogen and oxygen atoms in total. The molecule has 1 unspecified atom stereocenters. The van der Waals surface area contributed by atoms with Crippen LogP contribution in [0.25, 0.3) is 53.8 Å². The van der Waals surface area contributed by atoms with E-state index in [9.17, 15) is 0 Å². The minimum atomic E-state index is -1.27. The topological polar surface area (TPSA) is 25.8 Å². The number of pyridine rings is 2. The van der Waals surface area contributed by atoms with Gasteiger partial charge in [-0.15, -0.1) is 59.7 Å². The second-order valence-corrected chi connectivity index (χ2v) is 24.3. The number of fused-ring (bicyclic) bond motifs is 6. The minimum absolute atomic E-state index is 0. The van der Waals surface area contributed by atoms with Gasteiger partial charge in [-0.3, -0.25) is 0 Å². The molecule has 3 aromatic heterocycles. The quantitative estimate of drug-likeness (QED) is 0.123. The summed E-state index contributed by atoms with van der Waals surface area (Å²) < 4.78 is 2.65. The third kappa shape index (κ3) is 8.72.